The zero-order chi connectivity index (χ0) is 16.0. The van der Waals surface area contributed by atoms with E-state index in [1.54, 1.807) is 6.92 Å². The zero-order valence-corrected chi connectivity index (χ0v) is 11.3. The number of anilines is 1. The van der Waals surface area contributed by atoms with Crippen LogP contribution in [0.5, 0.6) is 0 Å². The number of hydrogen-bond donors (Lipinski definition) is 2. The molecule has 1 aromatic carbocycles. The molecule has 0 aliphatic heterocycles. The van der Waals surface area contributed by atoms with Crippen LogP contribution in [0.15, 0.2) is 23.3 Å². The van der Waals surface area contributed by atoms with Gasteiger partial charge >= 0.3 is 5.69 Å². The van der Waals surface area contributed by atoms with Crippen LogP contribution in [-0.2, 0) is 4.79 Å². The van der Waals surface area contributed by atoms with Crippen molar-refractivity contribution < 1.29 is 14.6 Å². The number of carbonyl (C=O) groups excluding carboxylic acids is 1. The first-order valence-corrected chi connectivity index (χ1v) is 5.77. The number of carbonyl (C=O) groups is 1. The summed E-state index contributed by atoms with van der Waals surface area (Å²) in [6.45, 7) is 3.14. The molecule has 0 bridgehead atoms. The molecule has 0 atom stereocenters. The van der Waals surface area contributed by atoms with Crippen molar-refractivity contribution in [1.82, 2.24) is 5.32 Å². The van der Waals surface area contributed by atoms with Gasteiger partial charge in [-0.2, -0.15) is 5.10 Å². The quantitative estimate of drug-likeness (QED) is 0.462. The van der Waals surface area contributed by atoms with Gasteiger partial charge in [-0.1, -0.05) is 0 Å². The highest BCUT2D eigenvalue weighted by molar-refractivity contribution is 5.88. The van der Waals surface area contributed by atoms with Crippen LogP contribution in [0.25, 0.3) is 0 Å². The Morgan fingerprint density at radius 3 is 2.43 bits per heavy atom. The number of rotatable bonds is 6. The fourth-order valence-corrected chi connectivity index (χ4v) is 1.33. The molecule has 0 spiro atoms. The SMILES string of the molecule is CC(=O)NC/C(C)=N/Nc1ccc([N+](=O)[O-])cc1[N+](=O)[O-]. The lowest BCUT2D eigenvalue weighted by Crippen LogP contribution is -2.26. The first kappa shape index (κ1) is 16.0. The molecular weight excluding hydrogens is 282 g/mol. The molecule has 0 heterocycles. The number of nitro benzene ring substituents is 2. The molecule has 0 unspecified atom stereocenters. The Morgan fingerprint density at radius 1 is 1.24 bits per heavy atom. The molecule has 0 aliphatic rings. The Kier molecular flexibility index (Phi) is 5.29. The van der Waals surface area contributed by atoms with Crippen LogP contribution < -0.4 is 10.7 Å². The van der Waals surface area contributed by atoms with E-state index in [2.05, 4.69) is 15.8 Å². The number of non-ortho nitro benzene ring substituents is 1. The average molecular weight is 295 g/mol. The molecule has 112 valence electrons. The van der Waals surface area contributed by atoms with Gasteiger partial charge in [-0.15, -0.1) is 0 Å². The smallest absolute Gasteiger partial charge is 0.301 e. The van der Waals surface area contributed by atoms with Crippen molar-refractivity contribution in [1.29, 1.82) is 0 Å². The van der Waals surface area contributed by atoms with Crippen LogP contribution in [0.1, 0.15) is 13.8 Å². The summed E-state index contributed by atoms with van der Waals surface area (Å²) in [6, 6.07) is 3.18. The highest BCUT2D eigenvalue weighted by Crippen LogP contribution is 2.28. The standard InChI is InChI=1S/C11H13N5O5/c1-7(6-12-8(2)17)13-14-10-4-3-9(15(18)19)5-11(10)16(20)21/h3-5,14H,6H2,1-2H3,(H,12,17)/b13-7+. The van der Waals surface area contributed by atoms with Crippen molar-refractivity contribution >= 4 is 28.7 Å². The van der Waals surface area contributed by atoms with Gasteiger partial charge in [-0.05, 0) is 13.0 Å². The van der Waals surface area contributed by atoms with E-state index in [0.29, 0.717) is 5.71 Å². The summed E-state index contributed by atoms with van der Waals surface area (Å²) in [5, 5.41) is 27.9. The minimum Gasteiger partial charge on any atom is -0.351 e. The van der Waals surface area contributed by atoms with Crippen LogP contribution in [0, 0.1) is 20.2 Å². The number of nitrogens with zero attached hydrogens (tertiary/aromatic N) is 3. The predicted molar refractivity (Wildman–Crippen MR) is 75.2 cm³/mol. The lowest BCUT2D eigenvalue weighted by Gasteiger charge is -2.05. The zero-order valence-electron chi connectivity index (χ0n) is 11.3. The molecule has 1 rings (SSSR count). The van der Waals surface area contributed by atoms with Crippen LogP contribution in [0.3, 0.4) is 0 Å². The molecule has 0 fully saturated rings. The highest BCUT2D eigenvalue weighted by atomic mass is 16.6. The maximum Gasteiger partial charge on any atom is 0.301 e. The second-order valence-electron chi connectivity index (χ2n) is 4.08. The molecule has 1 amide bonds. The second kappa shape index (κ2) is 6.93. The normalized spacial score (nSPS) is 10.9. The fraction of sp³-hybridized carbons (Fsp3) is 0.273. The van der Waals surface area contributed by atoms with Crippen LogP contribution >= 0.6 is 0 Å². The van der Waals surface area contributed by atoms with Crippen molar-refractivity contribution in [2.75, 3.05) is 12.0 Å². The number of amides is 1. The fourth-order valence-electron chi connectivity index (χ4n) is 1.33. The summed E-state index contributed by atoms with van der Waals surface area (Å²) >= 11 is 0. The molecule has 0 saturated carbocycles. The molecule has 0 aliphatic carbocycles. The van der Waals surface area contributed by atoms with Gasteiger partial charge in [0.05, 0.1) is 28.2 Å². The topological polar surface area (TPSA) is 140 Å². The molecule has 2 N–H and O–H groups in total. The van der Waals surface area contributed by atoms with Crippen LogP contribution in [-0.4, -0.2) is 28.0 Å². The van der Waals surface area contributed by atoms with E-state index in [-0.39, 0.29) is 23.8 Å². The third-order valence-corrected chi connectivity index (χ3v) is 2.35. The minimum absolute atomic E-state index is 0.0211. The predicted octanol–water partition coefficient (Wildman–Crippen LogP) is 1.43. The number of nitrogens with one attached hydrogen (secondary N) is 2. The van der Waals surface area contributed by atoms with Crippen molar-refractivity contribution in [3.05, 3.63) is 38.4 Å². The summed E-state index contributed by atoms with van der Waals surface area (Å²) in [5.74, 6) is -0.231. The largest absolute Gasteiger partial charge is 0.351 e. The van der Waals surface area contributed by atoms with Gasteiger partial charge in [0.2, 0.25) is 5.91 Å². The average Bonchev–Trinajstić information content (AvgIpc) is 2.42. The number of nitro groups is 2. The van der Waals surface area contributed by atoms with Gasteiger partial charge < -0.3 is 5.32 Å². The first-order chi connectivity index (χ1) is 9.81. The van der Waals surface area contributed by atoms with Crippen molar-refractivity contribution in [2.24, 2.45) is 5.10 Å². The Bertz CT molecular complexity index is 613. The number of hydrogen-bond acceptors (Lipinski definition) is 7. The highest BCUT2D eigenvalue weighted by Gasteiger charge is 2.19. The van der Waals surface area contributed by atoms with Gasteiger partial charge in [0.25, 0.3) is 5.69 Å². The second-order valence-corrected chi connectivity index (χ2v) is 4.08. The minimum atomic E-state index is -0.742. The Balaban J connectivity index is 2.92. The lowest BCUT2D eigenvalue weighted by molar-refractivity contribution is -0.393. The van der Waals surface area contributed by atoms with Gasteiger partial charge in [0.15, 0.2) is 0 Å². The van der Waals surface area contributed by atoms with Gasteiger partial charge in [-0.3, -0.25) is 30.4 Å². The number of benzene rings is 1. The molecule has 10 nitrogen and oxygen atoms in total. The van der Waals surface area contributed by atoms with E-state index in [0.717, 1.165) is 12.1 Å². The Morgan fingerprint density at radius 2 is 1.90 bits per heavy atom. The van der Waals surface area contributed by atoms with E-state index >= 15 is 0 Å². The summed E-state index contributed by atoms with van der Waals surface area (Å²) in [5.41, 5.74) is 2.12. The molecule has 0 radical (unpaired) electrons. The monoisotopic (exact) mass is 295 g/mol. The summed E-state index contributed by atoms with van der Waals surface area (Å²) < 4.78 is 0. The Hall–Kier alpha value is -3.04. The van der Waals surface area contributed by atoms with E-state index in [9.17, 15) is 25.0 Å². The van der Waals surface area contributed by atoms with Crippen LogP contribution in [0.4, 0.5) is 17.1 Å². The lowest BCUT2D eigenvalue weighted by atomic mass is 10.2. The third kappa shape index (κ3) is 4.86. The van der Waals surface area contributed by atoms with Gasteiger partial charge in [0, 0.05) is 13.0 Å². The summed E-state index contributed by atoms with van der Waals surface area (Å²) in [6.07, 6.45) is 0. The summed E-state index contributed by atoms with van der Waals surface area (Å²) in [7, 11) is 0. The first-order valence-electron chi connectivity index (χ1n) is 5.77. The molecule has 0 aromatic heterocycles. The third-order valence-electron chi connectivity index (χ3n) is 2.35. The molecule has 0 saturated heterocycles. The van der Waals surface area contributed by atoms with E-state index in [4.69, 9.17) is 0 Å². The maximum absolute atomic E-state index is 10.9. The van der Waals surface area contributed by atoms with Gasteiger partial charge in [-0.25, -0.2) is 0 Å². The van der Waals surface area contributed by atoms with Crippen molar-refractivity contribution in [2.45, 2.75) is 13.8 Å². The molecule has 1 aromatic rings. The van der Waals surface area contributed by atoms with E-state index in [1.807, 2.05) is 0 Å². The van der Waals surface area contributed by atoms with Crippen molar-refractivity contribution in [3.63, 3.8) is 0 Å². The van der Waals surface area contributed by atoms with Crippen LogP contribution in [0.2, 0.25) is 0 Å². The maximum atomic E-state index is 10.9. The molecular formula is C11H13N5O5. The van der Waals surface area contributed by atoms with E-state index < -0.39 is 15.5 Å². The van der Waals surface area contributed by atoms with Gasteiger partial charge in [0.1, 0.15) is 5.69 Å². The van der Waals surface area contributed by atoms with Crippen molar-refractivity contribution in [3.8, 4) is 0 Å². The molecule has 21 heavy (non-hydrogen) atoms. The Labute approximate surface area is 119 Å². The molecule has 10 heteroatoms. The summed E-state index contributed by atoms with van der Waals surface area (Å²) in [4.78, 5) is 30.8. The number of hydrazone groups is 1. The van der Waals surface area contributed by atoms with E-state index in [1.165, 1.54) is 13.0 Å².